The van der Waals surface area contributed by atoms with E-state index in [4.69, 9.17) is 40.5 Å². The maximum atomic E-state index is 6.16. The summed E-state index contributed by atoms with van der Waals surface area (Å²) in [5, 5.41) is 1.68. The van der Waals surface area contributed by atoms with Gasteiger partial charge in [-0.05, 0) is 31.0 Å². The molecule has 16 heavy (non-hydrogen) atoms. The number of benzene rings is 1. The molecule has 0 bridgehead atoms. The molecule has 88 valence electrons. The molecule has 2 rings (SSSR count). The smallest absolute Gasteiger partial charge is 0.0655 e. The summed E-state index contributed by atoms with van der Waals surface area (Å²) in [4.78, 5) is 2.21. The zero-order chi connectivity index (χ0) is 11.7. The van der Waals surface area contributed by atoms with Gasteiger partial charge in [0.05, 0.1) is 20.8 Å². The van der Waals surface area contributed by atoms with Crippen molar-refractivity contribution in [2.75, 3.05) is 24.5 Å². The van der Waals surface area contributed by atoms with Crippen molar-refractivity contribution < 1.29 is 0 Å². The van der Waals surface area contributed by atoms with Gasteiger partial charge < -0.3 is 10.6 Å². The highest BCUT2D eigenvalue weighted by atomic mass is 35.5. The Morgan fingerprint density at radius 2 is 1.88 bits per heavy atom. The largest absolute Gasteiger partial charge is 0.370 e. The molecule has 1 aliphatic heterocycles. The van der Waals surface area contributed by atoms with E-state index in [-0.39, 0.29) is 0 Å². The highest BCUT2D eigenvalue weighted by molar-refractivity contribution is 6.44. The van der Waals surface area contributed by atoms with Crippen LogP contribution in [-0.2, 0) is 0 Å². The van der Waals surface area contributed by atoms with E-state index in [0.717, 1.165) is 31.7 Å². The molecule has 0 radical (unpaired) electrons. The Kier molecular flexibility index (Phi) is 3.85. The molecule has 1 heterocycles. The molecular weight excluding hydrogens is 266 g/mol. The molecule has 0 spiro atoms. The monoisotopic (exact) mass is 278 g/mol. The summed E-state index contributed by atoms with van der Waals surface area (Å²) in [7, 11) is 0. The number of nitrogens with zero attached hydrogens (tertiary/aromatic N) is 1. The van der Waals surface area contributed by atoms with Crippen LogP contribution in [0.4, 0.5) is 5.69 Å². The lowest BCUT2D eigenvalue weighted by molar-refractivity contribution is 0.602. The third-order valence-corrected chi connectivity index (χ3v) is 3.97. The predicted molar refractivity (Wildman–Crippen MR) is 70.8 cm³/mol. The van der Waals surface area contributed by atoms with Crippen LogP contribution in [0.1, 0.15) is 6.42 Å². The van der Waals surface area contributed by atoms with E-state index in [0.29, 0.717) is 21.0 Å². The fourth-order valence-corrected chi connectivity index (χ4v) is 2.66. The van der Waals surface area contributed by atoms with E-state index < -0.39 is 0 Å². The minimum Gasteiger partial charge on any atom is -0.370 e. The number of nitrogens with two attached hydrogens (primary N) is 1. The maximum absolute atomic E-state index is 6.16. The van der Waals surface area contributed by atoms with E-state index >= 15 is 0 Å². The van der Waals surface area contributed by atoms with Crippen LogP contribution >= 0.6 is 34.8 Å². The van der Waals surface area contributed by atoms with Gasteiger partial charge in [-0.1, -0.05) is 34.8 Å². The number of hydrogen-bond donors (Lipinski definition) is 1. The van der Waals surface area contributed by atoms with Crippen LogP contribution in [0.3, 0.4) is 0 Å². The highest BCUT2D eigenvalue weighted by Gasteiger charge is 2.23. The highest BCUT2D eigenvalue weighted by Crippen LogP contribution is 2.36. The van der Waals surface area contributed by atoms with Crippen LogP contribution in [0.25, 0.3) is 0 Å². The van der Waals surface area contributed by atoms with Crippen LogP contribution in [0.2, 0.25) is 15.1 Å². The quantitative estimate of drug-likeness (QED) is 0.841. The summed E-state index contributed by atoms with van der Waals surface area (Å²) in [6, 6.07) is 3.52. The second-order valence-corrected chi connectivity index (χ2v) is 5.28. The topological polar surface area (TPSA) is 29.3 Å². The lowest BCUT2D eigenvalue weighted by Gasteiger charge is -2.20. The first-order chi connectivity index (χ1) is 7.61. The molecule has 1 atom stereocenters. The van der Waals surface area contributed by atoms with Crippen LogP contribution in [-0.4, -0.2) is 19.6 Å². The third-order valence-electron chi connectivity index (χ3n) is 2.95. The Morgan fingerprint density at radius 3 is 2.50 bits per heavy atom. The second kappa shape index (κ2) is 5.01. The zero-order valence-electron chi connectivity index (χ0n) is 8.72. The van der Waals surface area contributed by atoms with E-state index in [1.165, 1.54) is 0 Å². The minimum absolute atomic E-state index is 0.491. The van der Waals surface area contributed by atoms with Gasteiger partial charge in [-0.2, -0.15) is 0 Å². The molecule has 2 N–H and O–H groups in total. The first kappa shape index (κ1) is 12.3. The third kappa shape index (κ3) is 2.40. The standard InChI is InChI=1S/C11H13Cl3N2/c12-8-3-10(14)11(4-9(8)13)16-2-1-7(5-15)6-16/h3-4,7H,1-2,5-6,15H2. The average molecular weight is 280 g/mol. The minimum atomic E-state index is 0.491. The number of rotatable bonds is 2. The molecule has 0 aromatic heterocycles. The fraction of sp³-hybridized carbons (Fsp3) is 0.455. The molecule has 1 aliphatic rings. The molecule has 1 unspecified atom stereocenters. The van der Waals surface area contributed by atoms with Crippen LogP contribution in [0.5, 0.6) is 0 Å². The summed E-state index contributed by atoms with van der Waals surface area (Å²) in [6.07, 6.45) is 1.10. The van der Waals surface area contributed by atoms with Gasteiger partial charge in [0.1, 0.15) is 0 Å². The summed E-state index contributed by atoms with van der Waals surface area (Å²) in [6.45, 7) is 2.63. The summed E-state index contributed by atoms with van der Waals surface area (Å²) in [5.74, 6) is 0.547. The number of hydrogen-bond acceptors (Lipinski definition) is 2. The van der Waals surface area contributed by atoms with Crippen molar-refractivity contribution in [2.45, 2.75) is 6.42 Å². The van der Waals surface area contributed by atoms with Crippen molar-refractivity contribution >= 4 is 40.5 Å². The van der Waals surface area contributed by atoms with Crippen molar-refractivity contribution in [3.8, 4) is 0 Å². The van der Waals surface area contributed by atoms with Crippen molar-refractivity contribution in [3.63, 3.8) is 0 Å². The molecule has 0 aliphatic carbocycles. The second-order valence-electron chi connectivity index (χ2n) is 4.05. The first-order valence-corrected chi connectivity index (χ1v) is 6.34. The maximum Gasteiger partial charge on any atom is 0.0655 e. The SMILES string of the molecule is NCC1CCN(c2cc(Cl)c(Cl)cc2Cl)C1. The molecule has 5 heteroatoms. The molecule has 0 saturated carbocycles. The average Bonchev–Trinajstić information content (AvgIpc) is 2.71. The van der Waals surface area contributed by atoms with Crippen molar-refractivity contribution in [1.29, 1.82) is 0 Å². The van der Waals surface area contributed by atoms with Gasteiger partial charge in [-0.15, -0.1) is 0 Å². The fourth-order valence-electron chi connectivity index (χ4n) is 2.00. The van der Waals surface area contributed by atoms with E-state index in [1.807, 2.05) is 6.07 Å². The summed E-state index contributed by atoms with van der Waals surface area (Å²) in [5.41, 5.74) is 6.61. The molecular formula is C11H13Cl3N2. The Hall–Kier alpha value is -0.150. The van der Waals surface area contributed by atoms with Gasteiger partial charge >= 0.3 is 0 Å². The van der Waals surface area contributed by atoms with Crippen molar-refractivity contribution in [3.05, 3.63) is 27.2 Å². The Balaban J connectivity index is 2.24. The van der Waals surface area contributed by atoms with Gasteiger partial charge in [0.15, 0.2) is 0 Å². The molecule has 1 saturated heterocycles. The first-order valence-electron chi connectivity index (χ1n) is 5.21. The van der Waals surface area contributed by atoms with E-state index in [9.17, 15) is 0 Å². The van der Waals surface area contributed by atoms with Crippen LogP contribution in [0.15, 0.2) is 12.1 Å². The predicted octanol–water partition coefficient (Wildman–Crippen LogP) is 3.43. The molecule has 1 aromatic carbocycles. The van der Waals surface area contributed by atoms with E-state index in [1.54, 1.807) is 6.07 Å². The van der Waals surface area contributed by atoms with Gasteiger partial charge in [-0.25, -0.2) is 0 Å². The van der Waals surface area contributed by atoms with Gasteiger partial charge in [0, 0.05) is 13.1 Å². The Labute approximate surface area is 110 Å². The van der Waals surface area contributed by atoms with Gasteiger partial charge in [-0.3, -0.25) is 0 Å². The normalized spacial score (nSPS) is 20.5. The molecule has 2 nitrogen and oxygen atoms in total. The van der Waals surface area contributed by atoms with Gasteiger partial charge in [0.2, 0.25) is 0 Å². The lowest BCUT2D eigenvalue weighted by atomic mass is 10.1. The zero-order valence-corrected chi connectivity index (χ0v) is 11.0. The molecule has 1 aromatic rings. The van der Waals surface area contributed by atoms with Crippen molar-refractivity contribution in [2.24, 2.45) is 11.7 Å². The Morgan fingerprint density at radius 1 is 1.19 bits per heavy atom. The summed E-state index contributed by atoms with van der Waals surface area (Å²) < 4.78 is 0. The summed E-state index contributed by atoms with van der Waals surface area (Å²) >= 11 is 18.0. The molecule has 1 fully saturated rings. The van der Waals surface area contributed by atoms with Crippen LogP contribution in [0, 0.1) is 5.92 Å². The van der Waals surface area contributed by atoms with Crippen molar-refractivity contribution in [1.82, 2.24) is 0 Å². The van der Waals surface area contributed by atoms with E-state index in [2.05, 4.69) is 4.90 Å². The number of anilines is 1. The number of halogens is 3. The van der Waals surface area contributed by atoms with Gasteiger partial charge in [0.25, 0.3) is 0 Å². The Bertz CT molecular complexity index is 395. The molecule has 0 amide bonds. The lowest BCUT2D eigenvalue weighted by Crippen LogP contribution is -2.22. The van der Waals surface area contributed by atoms with Crippen LogP contribution < -0.4 is 10.6 Å².